The van der Waals surface area contributed by atoms with E-state index in [1.54, 1.807) is 0 Å². The zero-order chi connectivity index (χ0) is 13.7. The van der Waals surface area contributed by atoms with Gasteiger partial charge >= 0.3 is 0 Å². The Kier molecular flexibility index (Phi) is 7.56. The van der Waals surface area contributed by atoms with Gasteiger partial charge in [0.2, 0.25) is 0 Å². The lowest BCUT2D eigenvalue weighted by molar-refractivity contribution is 0.0950. The number of halogens is 2. The zero-order valence-electron chi connectivity index (χ0n) is 11.7. The number of piperidine rings is 1. The third kappa shape index (κ3) is 5.08. The Hall–Kier alpha value is -0.580. The second-order valence-corrected chi connectivity index (χ2v) is 6.08. The van der Waals surface area contributed by atoms with Gasteiger partial charge in [0.05, 0.1) is 0 Å². The molecule has 3 nitrogen and oxygen atoms in total. The lowest BCUT2D eigenvalue weighted by Crippen LogP contribution is -2.33. The highest BCUT2D eigenvalue weighted by Gasteiger charge is 2.13. The van der Waals surface area contributed by atoms with E-state index in [-0.39, 0.29) is 18.3 Å². The van der Waals surface area contributed by atoms with Crippen LogP contribution < -0.4 is 10.6 Å². The molecule has 1 fully saturated rings. The average molecular weight is 362 g/mol. The molecule has 1 atom stereocenters. The number of hydrogen-bond acceptors (Lipinski definition) is 2. The third-order valence-electron chi connectivity index (χ3n) is 3.66. The van der Waals surface area contributed by atoms with Gasteiger partial charge in [0.25, 0.3) is 5.91 Å². The van der Waals surface area contributed by atoms with Gasteiger partial charge in [-0.25, -0.2) is 0 Å². The number of amides is 1. The molecule has 1 heterocycles. The molecule has 0 aliphatic carbocycles. The van der Waals surface area contributed by atoms with E-state index in [2.05, 4.69) is 26.6 Å². The van der Waals surface area contributed by atoms with Crippen molar-refractivity contribution in [1.29, 1.82) is 0 Å². The summed E-state index contributed by atoms with van der Waals surface area (Å²) in [6, 6.07) is 5.70. The van der Waals surface area contributed by atoms with Crippen LogP contribution in [0.3, 0.4) is 0 Å². The van der Waals surface area contributed by atoms with Gasteiger partial charge < -0.3 is 10.6 Å². The Bertz CT molecular complexity index is 447. The molecule has 1 aliphatic rings. The van der Waals surface area contributed by atoms with Crippen LogP contribution in [0.5, 0.6) is 0 Å². The molecule has 5 heteroatoms. The topological polar surface area (TPSA) is 41.1 Å². The maximum absolute atomic E-state index is 12.0. The average Bonchev–Trinajstić information content (AvgIpc) is 2.43. The van der Waals surface area contributed by atoms with E-state index in [1.807, 2.05) is 25.1 Å². The lowest BCUT2D eigenvalue weighted by atomic mass is 9.96. The van der Waals surface area contributed by atoms with E-state index in [9.17, 15) is 4.79 Å². The highest BCUT2D eigenvalue weighted by atomic mass is 79.9. The smallest absolute Gasteiger partial charge is 0.251 e. The summed E-state index contributed by atoms with van der Waals surface area (Å²) in [4.78, 5) is 12.0. The Morgan fingerprint density at radius 1 is 1.50 bits per heavy atom. The van der Waals surface area contributed by atoms with Crippen molar-refractivity contribution in [3.8, 4) is 0 Å². The SMILES string of the molecule is Cc1cc(C(=O)NCCC2CCCNC2)ccc1Br.Cl. The van der Waals surface area contributed by atoms with E-state index in [0.29, 0.717) is 5.92 Å². The van der Waals surface area contributed by atoms with E-state index < -0.39 is 0 Å². The van der Waals surface area contributed by atoms with E-state index in [1.165, 1.54) is 12.8 Å². The molecule has 2 N–H and O–H groups in total. The van der Waals surface area contributed by atoms with Gasteiger partial charge in [-0.05, 0) is 69.0 Å². The van der Waals surface area contributed by atoms with Crippen LogP contribution in [0.15, 0.2) is 22.7 Å². The van der Waals surface area contributed by atoms with Gasteiger partial charge in [0, 0.05) is 16.6 Å². The largest absolute Gasteiger partial charge is 0.352 e. The summed E-state index contributed by atoms with van der Waals surface area (Å²) in [6.45, 7) is 4.99. The fourth-order valence-electron chi connectivity index (χ4n) is 2.45. The van der Waals surface area contributed by atoms with Crippen molar-refractivity contribution in [3.05, 3.63) is 33.8 Å². The molecule has 0 aromatic heterocycles. The molecule has 0 radical (unpaired) electrons. The maximum Gasteiger partial charge on any atom is 0.251 e. The number of hydrogen-bond donors (Lipinski definition) is 2. The zero-order valence-corrected chi connectivity index (χ0v) is 14.1. The standard InChI is InChI=1S/C15H21BrN2O.ClH/c1-11-9-13(4-5-14(11)16)15(19)18-8-6-12-3-2-7-17-10-12;/h4-5,9,12,17H,2-3,6-8,10H2,1H3,(H,18,19);1H. The van der Waals surface area contributed by atoms with Crippen LogP contribution in [0.25, 0.3) is 0 Å². The summed E-state index contributed by atoms with van der Waals surface area (Å²) < 4.78 is 1.04. The van der Waals surface area contributed by atoms with Crippen LogP contribution in [0.1, 0.15) is 35.2 Å². The fraction of sp³-hybridized carbons (Fsp3) is 0.533. The quantitative estimate of drug-likeness (QED) is 0.864. The number of nitrogens with one attached hydrogen (secondary N) is 2. The Morgan fingerprint density at radius 3 is 2.95 bits per heavy atom. The summed E-state index contributed by atoms with van der Waals surface area (Å²) in [5, 5.41) is 6.41. The number of carbonyl (C=O) groups is 1. The molecular weight excluding hydrogens is 340 g/mol. The summed E-state index contributed by atoms with van der Waals surface area (Å²) in [5.41, 5.74) is 1.83. The van der Waals surface area contributed by atoms with E-state index in [0.717, 1.165) is 41.7 Å². The Morgan fingerprint density at radius 2 is 2.30 bits per heavy atom. The molecule has 1 saturated heterocycles. The summed E-state index contributed by atoms with van der Waals surface area (Å²) in [6.07, 6.45) is 3.60. The molecule has 1 aliphatic heterocycles. The molecule has 20 heavy (non-hydrogen) atoms. The molecule has 112 valence electrons. The second-order valence-electron chi connectivity index (χ2n) is 5.22. The molecule has 1 amide bonds. The minimum absolute atomic E-state index is 0. The van der Waals surface area contributed by atoms with Crippen molar-refractivity contribution in [2.75, 3.05) is 19.6 Å². The minimum Gasteiger partial charge on any atom is -0.352 e. The maximum atomic E-state index is 12.0. The number of rotatable bonds is 4. The normalized spacial score (nSPS) is 18.2. The van der Waals surface area contributed by atoms with Gasteiger partial charge in [0.15, 0.2) is 0 Å². The number of benzene rings is 1. The van der Waals surface area contributed by atoms with Crippen molar-refractivity contribution >= 4 is 34.2 Å². The van der Waals surface area contributed by atoms with Crippen LogP contribution in [-0.2, 0) is 0 Å². The number of aryl methyl sites for hydroxylation is 1. The van der Waals surface area contributed by atoms with Gasteiger partial charge in [-0.15, -0.1) is 12.4 Å². The first-order valence-corrected chi connectivity index (χ1v) is 7.71. The van der Waals surface area contributed by atoms with E-state index >= 15 is 0 Å². The summed E-state index contributed by atoms with van der Waals surface area (Å²) in [7, 11) is 0. The van der Waals surface area contributed by atoms with Crippen molar-refractivity contribution in [3.63, 3.8) is 0 Å². The molecule has 0 bridgehead atoms. The van der Waals surface area contributed by atoms with Crippen LogP contribution in [-0.4, -0.2) is 25.5 Å². The lowest BCUT2D eigenvalue weighted by Gasteiger charge is -2.22. The van der Waals surface area contributed by atoms with Crippen LogP contribution >= 0.6 is 28.3 Å². The first kappa shape index (κ1) is 17.5. The number of carbonyl (C=O) groups excluding carboxylic acids is 1. The predicted octanol–water partition coefficient (Wildman–Crippen LogP) is 3.30. The molecule has 0 spiro atoms. The minimum atomic E-state index is 0. The fourth-order valence-corrected chi connectivity index (χ4v) is 2.69. The highest BCUT2D eigenvalue weighted by Crippen LogP contribution is 2.17. The third-order valence-corrected chi connectivity index (χ3v) is 4.55. The first-order chi connectivity index (χ1) is 9.16. The van der Waals surface area contributed by atoms with Crippen LogP contribution in [0.4, 0.5) is 0 Å². The van der Waals surface area contributed by atoms with Gasteiger partial charge in [-0.2, -0.15) is 0 Å². The molecule has 1 unspecified atom stereocenters. The second kappa shape index (κ2) is 8.65. The molecule has 0 saturated carbocycles. The van der Waals surface area contributed by atoms with Crippen molar-refractivity contribution in [1.82, 2.24) is 10.6 Å². The van der Waals surface area contributed by atoms with Gasteiger partial charge in [0.1, 0.15) is 0 Å². The van der Waals surface area contributed by atoms with Crippen LogP contribution in [0.2, 0.25) is 0 Å². The Labute approximate surface area is 135 Å². The predicted molar refractivity (Wildman–Crippen MR) is 88.7 cm³/mol. The summed E-state index contributed by atoms with van der Waals surface area (Å²) in [5.74, 6) is 0.736. The van der Waals surface area contributed by atoms with Crippen LogP contribution in [0, 0.1) is 12.8 Å². The molecule has 2 rings (SSSR count). The van der Waals surface area contributed by atoms with Crippen molar-refractivity contribution in [2.45, 2.75) is 26.2 Å². The molecule has 1 aromatic carbocycles. The highest BCUT2D eigenvalue weighted by molar-refractivity contribution is 9.10. The summed E-state index contributed by atoms with van der Waals surface area (Å²) >= 11 is 3.44. The van der Waals surface area contributed by atoms with E-state index in [4.69, 9.17) is 0 Å². The first-order valence-electron chi connectivity index (χ1n) is 6.92. The monoisotopic (exact) mass is 360 g/mol. The van der Waals surface area contributed by atoms with Gasteiger partial charge in [-0.1, -0.05) is 15.9 Å². The Balaban J connectivity index is 0.00000200. The van der Waals surface area contributed by atoms with Crippen molar-refractivity contribution < 1.29 is 4.79 Å². The molecular formula is C15H22BrClN2O. The molecule has 1 aromatic rings. The van der Waals surface area contributed by atoms with Crippen molar-refractivity contribution in [2.24, 2.45) is 5.92 Å². The van der Waals surface area contributed by atoms with Gasteiger partial charge in [-0.3, -0.25) is 4.79 Å².